The van der Waals surface area contributed by atoms with Crippen molar-refractivity contribution in [3.63, 3.8) is 0 Å². The average molecular weight is 337 g/mol. The van der Waals surface area contributed by atoms with Gasteiger partial charge in [0.25, 0.3) is 0 Å². The minimum atomic E-state index is -0.382. The lowest BCUT2D eigenvalue weighted by Crippen LogP contribution is -2.44. The van der Waals surface area contributed by atoms with Crippen molar-refractivity contribution in [3.05, 3.63) is 76.7 Å². The van der Waals surface area contributed by atoms with Gasteiger partial charge in [-0.2, -0.15) is 0 Å². The zero-order valence-corrected chi connectivity index (χ0v) is 14.5. The molecule has 2 aromatic carbocycles. The lowest BCUT2D eigenvalue weighted by Gasteiger charge is -2.36. The maximum absolute atomic E-state index is 12.5. The Bertz CT molecular complexity index is 718. The second kappa shape index (κ2) is 7.47. The average Bonchev–Trinajstić information content (AvgIpc) is 2.79. The smallest absolute Gasteiger partial charge is 0.222 e. The van der Waals surface area contributed by atoms with Crippen molar-refractivity contribution in [2.75, 3.05) is 0 Å². The first kappa shape index (κ1) is 17.1. The fourth-order valence-corrected chi connectivity index (χ4v) is 3.55. The van der Waals surface area contributed by atoms with Crippen molar-refractivity contribution in [2.45, 2.75) is 38.4 Å². The summed E-state index contributed by atoms with van der Waals surface area (Å²) < 4.78 is 0. The van der Waals surface area contributed by atoms with Gasteiger partial charge in [-0.25, -0.2) is 5.01 Å². The fraction of sp³-hybridized carbons (Fsp3) is 0.350. The van der Waals surface area contributed by atoms with E-state index < -0.39 is 0 Å². The molecule has 0 radical (unpaired) electrons. The van der Waals surface area contributed by atoms with Crippen molar-refractivity contribution >= 4 is 5.91 Å². The van der Waals surface area contributed by atoms with E-state index in [1.807, 2.05) is 74.5 Å². The molecular weight excluding hydrogens is 314 g/mol. The molecule has 0 aromatic heterocycles. The predicted octanol–water partition coefficient (Wildman–Crippen LogP) is 4.00. The van der Waals surface area contributed by atoms with Gasteiger partial charge in [-0.1, -0.05) is 74.5 Å². The van der Waals surface area contributed by atoms with Crippen LogP contribution < -0.4 is 5.32 Å². The molecule has 2 aromatic rings. The summed E-state index contributed by atoms with van der Waals surface area (Å²) in [7, 11) is 0. The molecule has 0 unspecified atom stereocenters. The molecule has 1 saturated heterocycles. The standard InChI is InChI=1S/C20H23N3O2/c1-14(2)19-20(16-11-7-4-8-12-16)23(22-25)17(13-18(24)21-19)15-9-5-3-6-10-15/h3-12,14,17,19-20H,13H2,1-2H3,(H,21,24)/t17-,19+,20-/m0/s1. The van der Waals surface area contributed by atoms with E-state index in [4.69, 9.17) is 0 Å². The maximum atomic E-state index is 12.5. The molecule has 0 aliphatic carbocycles. The number of nitrogens with zero attached hydrogens (tertiary/aromatic N) is 2. The van der Waals surface area contributed by atoms with Gasteiger partial charge in [-0.05, 0) is 17.0 Å². The molecule has 1 aliphatic heterocycles. The topological polar surface area (TPSA) is 61.8 Å². The van der Waals surface area contributed by atoms with Gasteiger partial charge in [0, 0.05) is 0 Å². The molecule has 3 atom stereocenters. The number of nitroso groups, excluding NO2 is 1. The first-order valence-corrected chi connectivity index (χ1v) is 8.62. The normalized spacial score (nSPS) is 23.9. The number of hydrogen-bond acceptors (Lipinski definition) is 3. The van der Waals surface area contributed by atoms with Crippen molar-refractivity contribution in [1.29, 1.82) is 0 Å². The molecule has 0 saturated carbocycles. The highest BCUT2D eigenvalue weighted by Crippen LogP contribution is 2.39. The zero-order valence-electron chi connectivity index (χ0n) is 14.5. The molecule has 1 aliphatic rings. The van der Waals surface area contributed by atoms with Crippen molar-refractivity contribution in [2.24, 2.45) is 11.2 Å². The van der Waals surface area contributed by atoms with Crippen LogP contribution >= 0.6 is 0 Å². The monoisotopic (exact) mass is 337 g/mol. The lowest BCUT2D eigenvalue weighted by molar-refractivity contribution is -0.122. The number of nitrogens with one attached hydrogen (secondary N) is 1. The number of amides is 1. The Kier molecular flexibility index (Phi) is 5.12. The van der Waals surface area contributed by atoms with Crippen LogP contribution in [0.2, 0.25) is 0 Å². The van der Waals surface area contributed by atoms with Gasteiger partial charge in [-0.15, -0.1) is 4.91 Å². The van der Waals surface area contributed by atoms with Crippen molar-refractivity contribution < 1.29 is 4.79 Å². The highest BCUT2D eigenvalue weighted by Gasteiger charge is 2.41. The second-order valence-corrected chi connectivity index (χ2v) is 6.79. The third-order valence-corrected chi connectivity index (χ3v) is 4.79. The second-order valence-electron chi connectivity index (χ2n) is 6.79. The predicted molar refractivity (Wildman–Crippen MR) is 97.4 cm³/mol. The highest BCUT2D eigenvalue weighted by molar-refractivity contribution is 5.77. The Labute approximate surface area is 148 Å². The Hall–Kier alpha value is -2.69. The molecule has 3 rings (SSSR count). The molecule has 5 nitrogen and oxygen atoms in total. The summed E-state index contributed by atoms with van der Waals surface area (Å²) in [5, 5.41) is 8.06. The van der Waals surface area contributed by atoms with Crippen LogP contribution in [0.25, 0.3) is 0 Å². The molecule has 1 amide bonds. The Morgan fingerprint density at radius 1 is 1.00 bits per heavy atom. The third kappa shape index (κ3) is 3.55. The van der Waals surface area contributed by atoms with Gasteiger partial charge in [0.15, 0.2) is 0 Å². The first-order valence-electron chi connectivity index (χ1n) is 8.62. The first-order chi connectivity index (χ1) is 12.1. The number of carbonyl (C=O) groups excluding carboxylic acids is 1. The quantitative estimate of drug-likeness (QED) is 0.858. The SMILES string of the molecule is CC(C)[C@H]1NC(=O)C[C@@H](c2ccccc2)N(N=O)[C@H]1c1ccccc1. The highest BCUT2D eigenvalue weighted by atomic mass is 16.3. The number of carbonyl (C=O) groups is 1. The minimum Gasteiger partial charge on any atom is -0.351 e. The molecule has 0 spiro atoms. The molecule has 0 bridgehead atoms. The van der Waals surface area contributed by atoms with E-state index in [2.05, 4.69) is 10.6 Å². The van der Waals surface area contributed by atoms with Crippen LogP contribution in [0.3, 0.4) is 0 Å². The van der Waals surface area contributed by atoms with Crippen LogP contribution in [0.1, 0.15) is 43.5 Å². The van der Waals surface area contributed by atoms with Gasteiger partial charge < -0.3 is 5.32 Å². The van der Waals surface area contributed by atoms with Gasteiger partial charge in [-0.3, -0.25) is 4.79 Å². The largest absolute Gasteiger partial charge is 0.351 e. The van der Waals surface area contributed by atoms with E-state index in [0.29, 0.717) is 0 Å². The molecule has 1 fully saturated rings. The Balaban J connectivity index is 2.11. The van der Waals surface area contributed by atoms with E-state index in [9.17, 15) is 9.70 Å². The summed E-state index contributed by atoms with van der Waals surface area (Å²) in [5.41, 5.74) is 1.89. The van der Waals surface area contributed by atoms with E-state index in [1.165, 1.54) is 0 Å². The summed E-state index contributed by atoms with van der Waals surface area (Å²) in [6, 6.07) is 18.5. The van der Waals surface area contributed by atoms with Crippen LogP contribution in [0.5, 0.6) is 0 Å². The van der Waals surface area contributed by atoms with Crippen LogP contribution in [0, 0.1) is 10.8 Å². The summed E-state index contributed by atoms with van der Waals surface area (Å²) >= 11 is 0. The summed E-state index contributed by atoms with van der Waals surface area (Å²) in [6.45, 7) is 4.10. The molecule has 1 N–H and O–H groups in total. The van der Waals surface area contributed by atoms with Crippen LogP contribution in [0.4, 0.5) is 0 Å². The maximum Gasteiger partial charge on any atom is 0.222 e. The van der Waals surface area contributed by atoms with Gasteiger partial charge in [0.1, 0.15) is 0 Å². The summed E-state index contributed by atoms with van der Waals surface area (Å²) in [4.78, 5) is 24.4. The van der Waals surface area contributed by atoms with Crippen molar-refractivity contribution in [1.82, 2.24) is 10.3 Å². The van der Waals surface area contributed by atoms with Gasteiger partial charge in [0.2, 0.25) is 5.91 Å². The van der Waals surface area contributed by atoms with Crippen LogP contribution in [0.15, 0.2) is 65.9 Å². The fourth-order valence-electron chi connectivity index (χ4n) is 3.55. The molecular formula is C20H23N3O2. The Morgan fingerprint density at radius 3 is 2.08 bits per heavy atom. The molecule has 25 heavy (non-hydrogen) atoms. The van der Waals surface area contributed by atoms with E-state index in [-0.39, 0.29) is 36.4 Å². The zero-order chi connectivity index (χ0) is 17.8. The van der Waals surface area contributed by atoms with Crippen molar-refractivity contribution in [3.8, 4) is 0 Å². The lowest BCUT2D eigenvalue weighted by atomic mass is 9.90. The van der Waals surface area contributed by atoms with E-state index in [1.54, 1.807) is 5.01 Å². The molecule has 130 valence electrons. The number of benzene rings is 2. The van der Waals surface area contributed by atoms with Gasteiger partial charge in [0.05, 0.1) is 29.8 Å². The number of rotatable bonds is 4. The third-order valence-electron chi connectivity index (χ3n) is 4.79. The molecule has 5 heteroatoms. The van der Waals surface area contributed by atoms with Crippen LogP contribution in [-0.2, 0) is 4.79 Å². The van der Waals surface area contributed by atoms with E-state index >= 15 is 0 Å². The summed E-state index contributed by atoms with van der Waals surface area (Å²) in [5.74, 6) is 0.104. The Morgan fingerprint density at radius 2 is 1.56 bits per heavy atom. The minimum absolute atomic E-state index is 0.0559. The van der Waals surface area contributed by atoms with E-state index in [0.717, 1.165) is 11.1 Å². The van der Waals surface area contributed by atoms with Crippen LogP contribution in [-0.4, -0.2) is 17.0 Å². The van der Waals surface area contributed by atoms with Gasteiger partial charge >= 0.3 is 0 Å². The number of hydrogen-bond donors (Lipinski definition) is 1. The molecule has 1 heterocycles. The summed E-state index contributed by atoms with van der Waals surface area (Å²) in [6.07, 6.45) is 0.211.